The Hall–Kier alpha value is -3.22. The SMILES string of the molecule is CC(C)CC(=O)N1CCN(C(=O)c2cccnc2)C(c2nc3ccccc3[nH]2)C1. The van der Waals surface area contributed by atoms with Crippen LogP contribution in [0.15, 0.2) is 48.8 Å². The zero-order chi connectivity index (χ0) is 20.4. The van der Waals surface area contributed by atoms with Crippen LogP contribution in [-0.2, 0) is 4.79 Å². The number of hydrogen-bond donors (Lipinski definition) is 1. The molecule has 1 aliphatic heterocycles. The number of carbonyl (C=O) groups is 2. The van der Waals surface area contributed by atoms with Crippen LogP contribution in [0.3, 0.4) is 0 Å². The van der Waals surface area contributed by atoms with Gasteiger partial charge in [-0.15, -0.1) is 0 Å². The number of fused-ring (bicyclic) bond motifs is 1. The Kier molecular flexibility index (Phi) is 5.29. The van der Waals surface area contributed by atoms with Gasteiger partial charge in [-0.1, -0.05) is 26.0 Å². The van der Waals surface area contributed by atoms with Crippen LogP contribution in [0.4, 0.5) is 0 Å². The number of para-hydroxylation sites is 2. The number of hydrogen-bond acceptors (Lipinski definition) is 4. The van der Waals surface area contributed by atoms with E-state index in [1.165, 1.54) is 0 Å². The van der Waals surface area contributed by atoms with E-state index in [-0.39, 0.29) is 17.9 Å². The van der Waals surface area contributed by atoms with Gasteiger partial charge in [0.2, 0.25) is 5.91 Å². The second-order valence-corrected chi connectivity index (χ2v) is 7.83. The highest BCUT2D eigenvalue weighted by Gasteiger charge is 2.35. The molecule has 2 amide bonds. The molecule has 2 aromatic heterocycles. The van der Waals surface area contributed by atoms with Crippen LogP contribution in [0.5, 0.6) is 0 Å². The number of aromatic nitrogens is 3. The van der Waals surface area contributed by atoms with Gasteiger partial charge in [0.05, 0.1) is 16.6 Å². The molecule has 3 aromatic rings. The molecule has 1 aromatic carbocycles. The number of imidazole rings is 1. The molecule has 4 rings (SSSR count). The fraction of sp³-hybridized carbons (Fsp3) is 0.364. The third-order valence-electron chi connectivity index (χ3n) is 5.21. The molecule has 0 spiro atoms. The van der Waals surface area contributed by atoms with E-state index < -0.39 is 0 Å². The lowest BCUT2D eigenvalue weighted by Gasteiger charge is -2.40. The highest BCUT2D eigenvalue weighted by atomic mass is 16.2. The van der Waals surface area contributed by atoms with Gasteiger partial charge in [-0.2, -0.15) is 0 Å². The Morgan fingerprint density at radius 3 is 2.72 bits per heavy atom. The van der Waals surface area contributed by atoms with Gasteiger partial charge in [0, 0.05) is 38.4 Å². The maximum atomic E-state index is 13.2. The number of nitrogens with one attached hydrogen (secondary N) is 1. The first-order chi connectivity index (χ1) is 14.0. The molecule has 1 unspecified atom stereocenters. The fourth-order valence-corrected chi connectivity index (χ4v) is 3.75. The first-order valence-corrected chi connectivity index (χ1v) is 9.96. The summed E-state index contributed by atoms with van der Waals surface area (Å²) < 4.78 is 0. The predicted molar refractivity (Wildman–Crippen MR) is 110 cm³/mol. The van der Waals surface area contributed by atoms with Crippen molar-refractivity contribution >= 4 is 22.8 Å². The minimum Gasteiger partial charge on any atom is -0.340 e. The highest BCUT2D eigenvalue weighted by Crippen LogP contribution is 2.27. The van der Waals surface area contributed by atoms with E-state index in [0.29, 0.717) is 43.4 Å². The van der Waals surface area contributed by atoms with Crippen LogP contribution in [0.1, 0.15) is 42.5 Å². The summed E-state index contributed by atoms with van der Waals surface area (Å²) in [7, 11) is 0. The van der Waals surface area contributed by atoms with Crippen molar-refractivity contribution in [1.29, 1.82) is 0 Å². The zero-order valence-corrected chi connectivity index (χ0v) is 16.7. The summed E-state index contributed by atoms with van der Waals surface area (Å²) in [5.74, 6) is 1.02. The predicted octanol–water partition coefficient (Wildman–Crippen LogP) is 3.03. The van der Waals surface area contributed by atoms with E-state index in [1.807, 2.05) is 43.0 Å². The molecule has 1 aliphatic rings. The molecule has 29 heavy (non-hydrogen) atoms. The number of rotatable bonds is 4. The number of nitrogens with zero attached hydrogens (tertiary/aromatic N) is 4. The van der Waals surface area contributed by atoms with Gasteiger partial charge in [-0.3, -0.25) is 14.6 Å². The standard InChI is InChI=1S/C22H25N5O2/c1-15(2)12-20(28)26-10-11-27(22(29)16-6-5-9-23-13-16)19(14-26)21-24-17-7-3-4-8-18(17)25-21/h3-9,13,15,19H,10-12,14H2,1-2H3,(H,24,25). The zero-order valence-electron chi connectivity index (χ0n) is 16.7. The maximum absolute atomic E-state index is 13.2. The van der Waals surface area contributed by atoms with Crippen molar-refractivity contribution in [3.63, 3.8) is 0 Å². The maximum Gasteiger partial charge on any atom is 0.256 e. The van der Waals surface area contributed by atoms with E-state index in [1.54, 1.807) is 29.4 Å². The Morgan fingerprint density at radius 2 is 2.00 bits per heavy atom. The normalized spacial score (nSPS) is 17.1. The van der Waals surface area contributed by atoms with Crippen LogP contribution in [0.2, 0.25) is 0 Å². The fourth-order valence-electron chi connectivity index (χ4n) is 3.75. The Morgan fingerprint density at radius 1 is 1.17 bits per heavy atom. The summed E-state index contributed by atoms with van der Waals surface area (Å²) in [6.45, 7) is 5.48. The van der Waals surface area contributed by atoms with E-state index in [9.17, 15) is 9.59 Å². The summed E-state index contributed by atoms with van der Waals surface area (Å²) in [5.41, 5.74) is 2.30. The smallest absolute Gasteiger partial charge is 0.256 e. The van der Waals surface area contributed by atoms with E-state index in [2.05, 4.69) is 9.97 Å². The second-order valence-electron chi connectivity index (χ2n) is 7.83. The Bertz CT molecular complexity index is 981. The minimum atomic E-state index is -0.333. The lowest BCUT2D eigenvalue weighted by molar-refractivity contribution is -0.134. The quantitative estimate of drug-likeness (QED) is 0.741. The number of amides is 2. The summed E-state index contributed by atoms with van der Waals surface area (Å²) in [6, 6.07) is 11.0. The first-order valence-electron chi connectivity index (χ1n) is 9.96. The van der Waals surface area contributed by atoms with Crippen LogP contribution in [0, 0.1) is 5.92 Å². The van der Waals surface area contributed by atoms with Gasteiger partial charge in [0.25, 0.3) is 5.91 Å². The lowest BCUT2D eigenvalue weighted by atomic mass is 10.1. The minimum absolute atomic E-state index is 0.0977. The monoisotopic (exact) mass is 391 g/mol. The highest BCUT2D eigenvalue weighted by molar-refractivity contribution is 5.94. The molecule has 0 bridgehead atoms. The topological polar surface area (TPSA) is 82.2 Å². The number of carbonyl (C=O) groups excluding carboxylic acids is 2. The van der Waals surface area contributed by atoms with Crippen LogP contribution >= 0.6 is 0 Å². The van der Waals surface area contributed by atoms with Crippen LogP contribution in [-0.4, -0.2) is 56.2 Å². The second kappa shape index (κ2) is 8.03. The lowest BCUT2D eigenvalue weighted by Crippen LogP contribution is -2.52. The third kappa shape index (κ3) is 3.99. The van der Waals surface area contributed by atoms with Crippen molar-refractivity contribution in [3.8, 4) is 0 Å². The molecule has 3 heterocycles. The van der Waals surface area contributed by atoms with Crippen LogP contribution in [0.25, 0.3) is 11.0 Å². The molecular formula is C22H25N5O2. The van der Waals surface area contributed by atoms with Gasteiger partial charge in [-0.25, -0.2) is 4.98 Å². The number of pyridine rings is 1. The molecule has 0 radical (unpaired) electrons. The van der Waals surface area contributed by atoms with E-state index in [4.69, 9.17) is 4.98 Å². The largest absolute Gasteiger partial charge is 0.340 e. The van der Waals surface area contributed by atoms with E-state index >= 15 is 0 Å². The summed E-state index contributed by atoms with van der Waals surface area (Å²) in [4.78, 5) is 41.7. The third-order valence-corrected chi connectivity index (χ3v) is 5.21. The van der Waals surface area contributed by atoms with Crippen molar-refractivity contribution in [2.75, 3.05) is 19.6 Å². The molecule has 7 heteroatoms. The molecule has 0 aliphatic carbocycles. The molecule has 150 valence electrons. The Labute approximate surface area is 169 Å². The molecule has 7 nitrogen and oxygen atoms in total. The van der Waals surface area contributed by atoms with Gasteiger partial charge < -0.3 is 14.8 Å². The summed E-state index contributed by atoms with van der Waals surface area (Å²) in [5, 5.41) is 0. The molecular weight excluding hydrogens is 366 g/mol. The van der Waals surface area contributed by atoms with Crippen molar-refractivity contribution in [3.05, 3.63) is 60.2 Å². The first kappa shape index (κ1) is 19.1. The van der Waals surface area contributed by atoms with Gasteiger partial charge >= 0.3 is 0 Å². The van der Waals surface area contributed by atoms with Gasteiger partial charge in [0.1, 0.15) is 11.9 Å². The van der Waals surface area contributed by atoms with Gasteiger partial charge in [-0.05, 0) is 30.2 Å². The van der Waals surface area contributed by atoms with E-state index in [0.717, 1.165) is 11.0 Å². The van der Waals surface area contributed by atoms with Crippen molar-refractivity contribution in [2.45, 2.75) is 26.3 Å². The number of H-pyrrole nitrogens is 1. The molecule has 1 atom stereocenters. The van der Waals surface area contributed by atoms with Crippen molar-refractivity contribution < 1.29 is 9.59 Å². The average Bonchev–Trinajstić information content (AvgIpc) is 3.17. The molecule has 1 saturated heterocycles. The summed E-state index contributed by atoms with van der Waals surface area (Å²) in [6.07, 6.45) is 3.73. The Balaban J connectivity index is 1.66. The van der Waals surface area contributed by atoms with Crippen molar-refractivity contribution in [2.24, 2.45) is 5.92 Å². The average molecular weight is 391 g/mol. The van der Waals surface area contributed by atoms with Gasteiger partial charge in [0.15, 0.2) is 0 Å². The number of benzene rings is 1. The molecule has 0 saturated carbocycles. The molecule has 1 fully saturated rings. The van der Waals surface area contributed by atoms with Crippen LogP contribution < -0.4 is 0 Å². The number of aromatic amines is 1. The molecule has 1 N–H and O–H groups in total. The number of piperazine rings is 1. The van der Waals surface area contributed by atoms with Crippen molar-refractivity contribution in [1.82, 2.24) is 24.8 Å². The summed E-state index contributed by atoms with van der Waals surface area (Å²) >= 11 is 0.